The average Bonchev–Trinajstić information content (AvgIpc) is 3.23. The summed E-state index contributed by atoms with van der Waals surface area (Å²) in [5, 5.41) is 5.66. The van der Waals surface area contributed by atoms with E-state index in [4.69, 9.17) is 0 Å². The number of benzene rings is 2. The number of aromatic nitrogens is 4. The lowest BCUT2D eigenvalue weighted by Gasteiger charge is -2.12. The van der Waals surface area contributed by atoms with E-state index < -0.39 is 11.2 Å². The van der Waals surface area contributed by atoms with Crippen LogP contribution in [0.15, 0.2) is 58.1 Å². The molecule has 0 fully saturated rings. The van der Waals surface area contributed by atoms with Crippen LogP contribution in [0.2, 0.25) is 0 Å². The van der Waals surface area contributed by atoms with Crippen LogP contribution >= 0.6 is 0 Å². The van der Waals surface area contributed by atoms with Crippen molar-refractivity contribution in [2.75, 3.05) is 10.6 Å². The zero-order valence-electron chi connectivity index (χ0n) is 18.1. The average molecular weight is 446 g/mol. The molecule has 168 valence electrons. The predicted molar refractivity (Wildman–Crippen MR) is 124 cm³/mol. The molecular formula is C23H22N6O4. The van der Waals surface area contributed by atoms with Gasteiger partial charge in [-0.2, -0.15) is 0 Å². The van der Waals surface area contributed by atoms with Gasteiger partial charge in [-0.15, -0.1) is 0 Å². The number of imidazole rings is 1. The van der Waals surface area contributed by atoms with Crippen LogP contribution in [0.5, 0.6) is 0 Å². The van der Waals surface area contributed by atoms with Crippen LogP contribution in [0.25, 0.3) is 11.2 Å². The minimum atomic E-state index is -0.560. The van der Waals surface area contributed by atoms with Gasteiger partial charge in [0.1, 0.15) is 11.3 Å². The fraction of sp³-hybridized carbons (Fsp3) is 0.174. The highest BCUT2D eigenvalue weighted by atomic mass is 16.2. The van der Waals surface area contributed by atoms with Crippen LogP contribution < -0.4 is 21.9 Å². The molecule has 4 N–H and O–H groups in total. The van der Waals surface area contributed by atoms with Gasteiger partial charge in [0.15, 0.2) is 5.65 Å². The second kappa shape index (κ2) is 8.95. The van der Waals surface area contributed by atoms with Crippen molar-refractivity contribution in [3.8, 4) is 0 Å². The zero-order valence-corrected chi connectivity index (χ0v) is 18.1. The standard InChI is InChI=1S/C23H22N6O4/c1-13-15(21(31)24-14-7-4-3-5-8-14)9-6-10-16(13)25-18(30)12-11-17-26-19-20(27-17)29(2)23(33)28-22(19)32/h3-10H,11-12H2,1-2H3,(H,24,31)(H,25,30)(H,26,27)(H,28,32,33). The van der Waals surface area contributed by atoms with Gasteiger partial charge in [0, 0.05) is 36.8 Å². The van der Waals surface area contributed by atoms with Crippen molar-refractivity contribution in [3.05, 3.63) is 86.3 Å². The fourth-order valence-electron chi connectivity index (χ4n) is 3.45. The lowest BCUT2D eigenvalue weighted by atomic mass is 10.1. The van der Waals surface area contributed by atoms with Crippen molar-refractivity contribution in [1.29, 1.82) is 0 Å². The van der Waals surface area contributed by atoms with Gasteiger partial charge in [-0.1, -0.05) is 24.3 Å². The molecule has 2 aromatic carbocycles. The van der Waals surface area contributed by atoms with Gasteiger partial charge >= 0.3 is 5.69 Å². The van der Waals surface area contributed by atoms with Crippen LogP contribution in [0.1, 0.15) is 28.2 Å². The maximum atomic E-state index is 12.7. The summed E-state index contributed by atoms with van der Waals surface area (Å²) in [4.78, 5) is 58.2. The van der Waals surface area contributed by atoms with E-state index in [2.05, 4.69) is 25.6 Å². The van der Waals surface area contributed by atoms with E-state index in [1.165, 1.54) is 11.6 Å². The van der Waals surface area contributed by atoms with Crippen LogP contribution in [0.4, 0.5) is 11.4 Å². The molecule has 10 heteroatoms. The van der Waals surface area contributed by atoms with Crippen molar-refractivity contribution in [1.82, 2.24) is 19.5 Å². The zero-order chi connectivity index (χ0) is 23.5. The first-order valence-electron chi connectivity index (χ1n) is 10.3. The Balaban J connectivity index is 1.44. The summed E-state index contributed by atoms with van der Waals surface area (Å²) in [5.41, 5.74) is 1.60. The summed E-state index contributed by atoms with van der Waals surface area (Å²) in [5.74, 6) is -0.130. The van der Waals surface area contributed by atoms with Crippen molar-refractivity contribution in [3.63, 3.8) is 0 Å². The molecule has 2 amide bonds. The number of aromatic amines is 2. The summed E-state index contributed by atoms with van der Waals surface area (Å²) in [6.45, 7) is 1.77. The van der Waals surface area contributed by atoms with E-state index in [0.717, 1.165) is 0 Å². The van der Waals surface area contributed by atoms with Gasteiger partial charge in [-0.25, -0.2) is 9.78 Å². The molecule has 0 saturated heterocycles. The number of hydrogen-bond donors (Lipinski definition) is 4. The second-order valence-corrected chi connectivity index (χ2v) is 7.55. The lowest BCUT2D eigenvalue weighted by Crippen LogP contribution is -2.28. The highest BCUT2D eigenvalue weighted by Gasteiger charge is 2.15. The number of carbonyl (C=O) groups excluding carboxylic acids is 2. The molecule has 0 unspecified atom stereocenters. The number of nitrogens with zero attached hydrogens (tertiary/aromatic N) is 2. The Morgan fingerprint density at radius 2 is 1.76 bits per heavy atom. The van der Waals surface area contributed by atoms with Crippen LogP contribution in [-0.2, 0) is 18.3 Å². The molecule has 4 aromatic rings. The molecule has 0 aliphatic carbocycles. The summed E-state index contributed by atoms with van der Waals surface area (Å²) >= 11 is 0. The first-order valence-corrected chi connectivity index (χ1v) is 10.3. The molecule has 2 heterocycles. The summed E-state index contributed by atoms with van der Waals surface area (Å²) in [6.07, 6.45) is 0.326. The third kappa shape index (κ3) is 4.59. The van der Waals surface area contributed by atoms with Gasteiger partial charge in [-0.05, 0) is 36.8 Å². The molecule has 0 aliphatic heterocycles. The number of carbonyl (C=O) groups is 2. The molecule has 0 atom stereocenters. The van der Waals surface area contributed by atoms with E-state index in [-0.39, 0.29) is 35.8 Å². The fourth-order valence-corrected chi connectivity index (χ4v) is 3.45. The van der Waals surface area contributed by atoms with E-state index in [9.17, 15) is 19.2 Å². The van der Waals surface area contributed by atoms with Gasteiger partial charge in [0.05, 0.1) is 0 Å². The molecule has 0 saturated carbocycles. The molecule has 4 rings (SSSR count). The van der Waals surface area contributed by atoms with Gasteiger partial charge < -0.3 is 15.6 Å². The minimum Gasteiger partial charge on any atom is -0.336 e. The van der Waals surface area contributed by atoms with Gasteiger partial charge in [-0.3, -0.25) is 23.9 Å². The molecule has 0 spiro atoms. The van der Waals surface area contributed by atoms with Crippen LogP contribution in [0.3, 0.4) is 0 Å². The number of rotatable bonds is 6. The second-order valence-electron chi connectivity index (χ2n) is 7.55. The van der Waals surface area contributed by atoms with Crippen molar-refractivity contribution in [2.45, 2.75) is 19.8 Å². The lowest BCUT2D eigenvalue weighted by molar-refractivity contribution is -0.116. The molecular weight excluding hydrogens is 424 g/mol. The van der Waals surface area contributed by atoms with Gasteiger partial charge in [0.2, 0.25) is 5.91 Å². The van der Waals surface area contributed by atoms with Crippen molar-refractivity contribution in [2.24, 2.45) is 7.05 Å². The van der Waals surface area contributed by atoms with Gasteiger partial charge in [0.25, 0.3) is 11.5 Å². The molecule has 33 heavy (non-hydrogen) atoms. The Morgan fingerprint density at radius 3 is 2.52 bits per heavy atom. The first-order chi connectivity index (χ1) is 15.8. The maximum Gasteiger partial charge on any atom is 0.329 e. The summed E-state index contributed by atoms with van der Waals surface area (Å²) < 4.78 is 1.23. The number of para-hydroxylation sites is 1. The van der Waals surface area contributed by atoms with Crippen molar-refractivity contribution >= 4 is 34.4 Å². The maximum absolute atomic E-state index is 12.7. The first kappa shape index (κ1) is 21.8. The smallest absolute Gasteiger partial charge is 0.329 e. The third-order valence-electron chi connectivity index (χ3n) is 5.28. The third-order valence-corrected chi connectivity index (χ3v) is 5.28. The Labute approximate surface area is 187 Å². The predicted octanol–water partition coefficient (Wildman–Crippen LogP) is 2.08. The van der Waals surface area contributed by atoms with Crippen LogP contribution in [-0.4, -0.2) is 31.3 Å². The largest absolute Gasteiger partial charge is 0.336 e. The van der Waals surface area contributed by atoms with Crippen LogP contribution in [0, 0.1) is 6.92 Å². The quantitative estimate of drug-likeness (QED) is 0.359. The molecule has 0 bridgehead atoms. The van der Waals surface area contributed by atoms with E-state index in [0.29, 0.717) is 28.3 Å². The molecule has 10 nitrogen and oxygen atoms in total. The number of H-pyrrole nitrogens is 2. The Bertz CT molecular complexity index is 1470. The van der Waals surface area contributed by atoms with Crippen molar-refractivity contribution < 1.29 is 9.59 Å². The normalized spacial score (nSPS) is 10.8. The van der Waals surface area contributed by atoms with E-state index in [1.54, 1.807) is 37.3 Å². The van der Waals surface area contributed by atoms with E-state index >= 15 is 0 Å². The highest BCUT2D eigenvalue weighted by molar-refractivity contribution is 6.06. The number of fused-ring (bicyclic) bond motifs is 1. The monoisotopic (exact) mass is 446 g/mol. The molecule has 2 aromatic heterocycles. The topological polar surface area (TPSA) is 142 Å². The number of nitrogens with one attached hydrogen (secondary N) is 4. The summed E-state index contributed by atoms with van der Waals surface area (Å²) in [6, 6.07) is 14.2. The number of anilines is 2. The molecule has 0 aliphatic rings. The Morgan fingerprint density at radius 1 is 1.00 bits per heavy atom. The Kier molecular flexibility index (Phi) is 5.90. The number of hydrogen-bond acceptors (Lipinski definition) is 5. The van der Waals surface area contributed by atoms with E-state index in [1.807, 2.05) is 18.2 Å². The highest BCUT2D eigenvalue weighted by Crippen LogP contribution is 2.21. The minimum absolute atomic E-state index is 0.0888. The molecule has 0 radical (unpaired) electrons. The SMILES string of the molecule is Cc1c(NC(=O)CCc2nc3c([nH]2)c(=O)[nH]c(=O)n3C)cccc1C(=O)Nc1ccccc1. The number of aryl methyl sites for hydroxylation is 2. The summed E-state index contributed by atoms with van der Waals surface area (Å²) in [7, 11) is 1.50. The Hall–Kier alpha value is -4.47. The number of amides is 2.